The molecule has 0 bridgehead atoms. The van der Waals surface area contributed by atoms with E-state index in [1.165, 1.54) is 40.9 Å². The first kappa shape index (κ1) is 17.5. The minimum absolute atomic E-state index is 0.0244. The minimum Gasteiger partial charge on any atom is -0.456 e. The zero-order chi connectivity index (χ0) is 19.0. The molecule has 4 rings (SSSR count). The molecule has 1 aromatic heterocycles. The summed E-state index contributed by atoms with van der Waals surface area (Å²) >= 11 is 2.94. The van der Waals surface area contributed by atoms with Gasteiger partial charge in [-0.05, 0) is 35.2 Å². The number of thiophene rings is 1. The maximum Gasteiger partial charge on any atom is 0.355 e. The molecule has 136 valence electrons. The van der Waals surface area contributed by atoms with Gasteiger partial charge in [0, 0.05) is 22.4 Å². The number of ether oxygens (including phenoxy) is 1. The van der Waals surface area contributed by atoms with Crippen molar-refractivity contribution in [3.8, 4) is 0 Å². The number of carbonyl (C=O) groups is 2. The quantitative estimate of drug-likeness (QED) is 0.251. The van der Waals surface area contributed by atoms with Gasteiger partial charge in [0.2, 0.25) is 0 Å². The smallest absolute Gasteiger partial charge is 0.355 e. The van der Waals surface area contributed by atoms with Crippen LogP contribution in [-0.4, -0.2) is 27.1 Å². The van der Waals surface area contributed by atoms with E-state index < -0.39 is 10.9 Å². The van der Waals surface area contributed by atoms with Gasteiger partial charge >= 0.3 is 5.97 Å². The van der Waals surface area contributed by atoms with E-state index in [-0.39, 0.29) is 29.3 Å². The van der Waals surface area contributed by atoms with E-state index in [1.54, 1.807) is 16.7 Å². The molecule has 1 aromatic carbocycles. The highest BCUT2D eigenvalue weighted by molar-refractivity contribution is 8.03. The first-order valence-electron chi connectivity index (χ1n) is 7.89. The standard InChI is InChI=1S/C18H12N2O5S2/c21-16-14(8-13-2-1-7-26-13)17-19(16)15(10-27-17)18(22)25-9-11-3-5-12(6-4-11)20(23)24/h1-8,10,17H,9H2/t17-/m0/s1. The third kappa shape index (κ3) is 3.26. The van der Waals surface area contributed by atoms with Crippen molar-refractivity contribution in [2.75, 3.05) is 0 Å². The monoisotopic (exact) mass is 400 g/mol. The average Bonchev–Trinajstić information content (AvgIpc) is 3.32. The molecule has 1 atom stereocenters. The Kier molecular flexibility index (Phi) is 4.54. The molecule has 0 N–H and O–H groups in total. The largest absolute Gasteiger partial charge is 0.456 e. The minimum atomic E-state index is -0.591. The van der Waals surface area contributed by atoms with Gasteiger partial charge in [-0.2, -0.15) is 0 Å². The number of hydrogen-bond donors (Lipinski definition) is 0. The number of carbonyl (C=O) groups excluding carboxylic acids is 2. The number of hydrogen-bond acceptors (Lipinski definition) is 7. The number of nitro benzene ring substituents is 1. The number of nitrogens with zero attached hydrogens (tertiary/aromatic N) is 2. The van der Waals surface area contributed by atoms with E-state index in [4.69, 9.17) is 4.74 Å². The Labute approximate surface area is 162 Å². The molecule has 27 heavy (non-hydrogen) atoms. The molecule has 9 heteroatoms. The molecule has 3 heterocycles. The van der Waals surface area contributed by atoms with Crippen LogP contribution in [0.25, 0.3) is 6.08 Å². The van der Waals surface area contributed by atoms with Gasteiger partial charge in [-0.15, -0.1) is 23.1 Å². The molecule has 0 unspecified atom stereocenters. The van der Waals surface area contributed by atoms with Crippen LogP contribution in [0.1, 0.15) is 10.4 Å². The Morgan fingerprint density at radius 2 is 2.07 bits per heavy atom. The second-order valence-corrected chi connectivity index (χ2v) is 7.72. The van der Waals surface area contributed by atoms with Crippen LogP contribution < -0.4 is 0 Å². The van der Waals surface area contributed by atoms with Gasteiger partial charge in [-0.1, -0.05) is 6.07 Å². The molecule has 2 aliphatic rings. The number of thioether (sulfide) groups is 1. The van der Waals surface area contributed by atoms with Gasteiger partial charge in [-0.25, -0.2) is 4.79 Å². The zero-order valence-electron chi connectivity index (χ0n) is 13.7. The normalized spacial score (nSPS) is 19.5. The molecule has 1 amide bonds. The summed E-state index contributed by atoms with van der Waals surface area (Å²) in [4.78, 5) is 37.3. The van der Waals surface area contributed by atoms with Gasteiger partial charge in [-0.3, -0.25) is 19.8 Å². The highest BCUT2D eigenvalue weighted by atomic mass is 32.2. The summed E-state index contributed by atoms with van der Waals surface area (Å²) in [6.45, 7) is -0.0244. The number of nitro groups is 1. The van der Waals surface area contributed by atoms with Gasteiger partial charge in [0.15, 0.2) is 0 Å². The lowest BCUT2D eigenvalue weighted by atomic mass is 10.0. The van der Waals surface area contributed by atoms with E-state index in [9.17, 15) is 19.7 Å². The van der Waals surface area contributed by atoms with E-state index >= 15 is 0 Å². The van der Waals surface area contributed by atoms with Crippen LogP contribution in [0.2, 0.25) is 0 Å². The number of amides is 1. The Balaban J connectivity index is 1.38. The molecular formula is C18H12N2O5S2. The Bertz CT molecular complexity index is 980. The Morgan fingerprint density at radius 3 is 2.74 bits per heavy atom. The van der Waals surface area contributed by atoms with Gasteiger partial charge in [0.1, 0.15) is 17.7 Å². The number of esters is 1. The number of fused-ring (bicyclic) bond motifs is 1. The van der Waals surface area contributed by atoms with Crippen LogP contribution in [0.15, 0.2) is 58.5 Å². The maximum atomic E-state index is 12.4. The zero-order valence-corrected chi connectivity index (χ0v) is 15.4. The Hall–Kier alpha value is -2.91. The van der Waals surface area contributed by atoms with Crippen LogP contribution in [0, 0.1) is 10.1 Å². The first-order valence-corrected chi connectivity index (χ1v) is 9.71. The van der Waals surface area contributed by atoms with Crippen LogP contribution in [-0.2, 0) is 20.9 Å². The van der Waals surface area contributed by atoms with Crippen LogP contribution in [0.5, 0.6) is 0 Å². The van der Waals surface area contributed by atoms with E-state index in [0.29, 0.717) is 11.1 Å². The second-order valence-electron chi connectivity index (χ2n) is 5.78. The molecule has 1 saturated heterocycles. The van der Waals surface area contributed by atoms with E-state index in [0.717, 1.165) is 4.88 Å². The summed E-state index contributed by atoms with van der Waals surface area (Å²) in [5.74, 6) is -0.788. The lowest BCUT2D eigenvalue weighted by Crippen LogP contribution is -2.51. The van der Waals surface area contributed by atoms with Crippen LogP contribution in [0.3, 0.4) is 0 Å². The first-order chi connectivity index (χ1) is 13.0. The SMILES string of the molecule is O=C(OCc1ccc([N+](=O)[O-])cc1)C1=CS[C@H]2C(=Cc3cccs3)C(=O)N12. The number of rotatable bonds is 5. The lowest BCUT2D eigenvalue weighted by molar-refractivity contribution is -0.384. The van der Waals surface area contributed by atoms with Crippen molar-refractivity contribution in [3.05, 3.63) is 79.0 Å². The third-order valence-corrected chi connectivity index (χ3v) is 6.00. The van der Waals surface area contributed by atoms with Gasteiger partial charge < -0.3 is 4.74 Å². The van der Waals surface area contributed by atoms with Gasteiger partial charge in [0.25, 0.3) is 11.6 Å². The molecular weight excluding hydrogens is 388 g/mol. The highest BCUT2D eigenvalue weighted by Gasteiger charge is 2.49. The fourth-order valence-corrected chi connectivity index (χ4v) is 4.50. The molecule has 1 fully saturated rings. The fourth-order valence-electron chi connectivity index (χ4n) is 2.72. The molecule has 0 aliphatic carbocycles. The Morgan fingerprint density at radius 1 is 1.30 bits per heavy atom. The summed E-state index contributed by atoms with van der Waals surface area (Å²) in [6, 6.07) is 9.61. The van der Waals surface area contributed by atoms with Crippen molar-refractivity contribution < 1.29 is 19.2 Å². The van der Waals surface area contributed by atoms with E-state index in [1.807, 2.05) is 23.6 Å². The lowest BCUT2D eigenvalue weighted by Gasteiger charge is -2.37. The molecule has 0 radical (unpaired) electrons. The van der Waals surface area contributed by atoms with Crippen molar-refractivity contribution >= 4 is 46.7 Å². The fraction of sp³-hybridized carbons (Fsp3) is 0.111. The predicted molar refractivity (Wildman–Crippen MR) is 101 cm³/mol. The van der Waals surface area contributed by atoms with Crippen molar-refractivity contribution in [2.45, 2.75) is 12.0 Å². The molecule has 2 aliphatic heterocycles. The number of β-lactam (4-membered cyclic amide) rings is 1. The number of benzene rings is 1. The second kappa shape index (κ2) is 7.01. The topological polar surface area (TPSA) is 89.7 Å². The van der Waals surface area contributed by atoms with Gasteiger partial charge in [0.05, 0.1) is 10.5 Å². The summed E-state index contributed by atoms with van der Waals surface area (Å²) in [6.07, 6.45) is 1.85. The highest BCUT2D eigenvalue weighted by Crippen LogP contribution is 2.45. The van der Waals surface area contributed by atoms with Crippen molar-refractivity contribution in [2.24, 2.45) is 0 Å². The summed E-state index contributed by atoms with van der Waals surface area (Å²) in [5, 5.41) is 14.0. The van der Waals surface area contributed by atoms with E-state index in [2.05, 4.69) is 0 Å². The maximum absolute atomic E-state index is 12.4. The van der Waals surface area contributed by atoms with Crippen LogP contribution >= 0.6 is 23.1 Å². The molecule has 2 aromatic rings. The van der Waals surface area contributed by atoms with Crippen molar-refractivity contribution in [1.29, 1.82) is 0 Å². The number of non-ortho nitro benzene ring substituents is 1. The third-order valence-electron chi connectivity index (χ3n) is 4.10. The summed E-state index contributed by atoms with van der Waals surface area (Å²) in [7, 11) is 0. The summed E-state index contributed by atoms with van der Waals surface area (Å²) in [5.41, 5.74) is 1.49. The van der Waals surface area contributed by atoms with Crippen molar-refractivity contribution in [1.82, 2.24) is 4.90 Å². The summed E-state index contributed by atoms with van der Waals surface area (Å²) < 4.78 is 5.25. The predicted octanol–water partition coefficient (Wildman–Crippen LogP) is 3.54. The molecule has 0 saturated carbocycles. The van der Waals surface area contributed by atoms with Crippen molar-refractivity contribution in [3.63, 3.8) is 0 Å². The average molecular weight is 400 g/mol. The van der Waals surface area contributed by atoms with Crippen LogP contribution in [0.4, 0.5) is 5.69 Å². The molecule has 7 nitrogen and oxygen atoms in total. The molecule has 0 spiro atoms.